The fourth-order valence-electron chi connectivity index (χ4n) is 3.39. The molecule has 0 radical (unpaired) electrons. The van der Waals surface area contributed by atoms with Crippen LogP contribution in [0.4, 0.5) is 5.82 Å². The van der Waals surface area contributed by atoms with Gasteiger partial charge in [-0.3, -0.25) is 4.79 Å². The van der Waals surface area contributed by atoms with Crippen molar-refractivity contribution in [3.63, 3.8) is 0 Å². The van der Waals surface area contributed by atoms with Crippen molar-refractivity contribution >= 4 is 23.5 Å². The summed E-state index contributed by atoms with van der Waals surface area (Å²) in [6.45, 7) is 2.56. The quantitative estimate of drug-likeness (QED) is 0.826. The molecule has 7 heteroatoms. The number of ether oxygens (including phenoxy) is 1. The molecule has 6 nitrogen and oxygen atoms in total. The van der Waals surface area contributed by atoms with E-state index in [4.69, 9.17) is 4.74 Å². The molecular formula is C20H24N4O2S. The summed E-state index contributed by atoms with van der Waals surface area (Å²) in [4.78, 5) is 23.7. The van der Waals surface area contributed by atoms with Crippen LogP contribution < -0.4 is 15.0 Å². The molecule has 0 saturated carbocycles. The maximum atomic E-state index is 12.7. The number of anilines is 1. The van der Waals surface area contributed by atoms with Crippen molar-refractivity contribution in [2.45, 2.75) is 31.9 Å². The Morgan fingerprint density at radius 1 is 1.26 bits per heavy atom. The minimum Gasteiger partial charge on any atom is -0.473 e. The Morgan fingerprint density at radius 2 is 2.15 bits per heavy atom. The molecule has 0 aromatic carbocycles. The van der Waals surface area contributed by atoms with Gasteiger partial charge in [0, 0.05) is 37.8 Å². The average Bonchev–Trinajstić information content (AvgIpc) is 3.41. The van der Waals surface area contributed by atoms with Gasteiger partial charge in [0.25, 0.3) is 5.91 Å². The Kier molecular flexibility index (Phi) is 5.77. The zero-order valence-electron chi connectivity index (χ0n) is 15.3. The Bertz CT molecular complexity index is 789. The van der Waals surface area contributed by atoms with E-state index in [9.17, 15) is 4.79 Å². The summed E-state index contributed by atoms with van der Waals surface area (Å²) in [6.07, 6.45) is 7.04. The maximum absolute atomic E-state index is 12.7. The molecule has 0 bridgehead atoms. The zero-order valence-corrected chi connectivity index (χ0v) is 16.1. The van der Waals surface area contributed by atoms with Gasteiger partial charge in [0.05, 0.1) is 0 Å². The van der Waals surface area contributed by atoms with Gasteiger partial charge in [0.2, 0.25) is 5.88 Å². The van der Waals surface area contributed by atoms with Crippen molar-refractivity contribution < 1.29 is 9.53 Å². The number of carbonyl (C=O) groups is 1. The van der Waals surface area contributed by atoms with E-state index in [0.717, 1.165) is 42.4 Å². The Balaban J connectivity index is 1.40. The average molecular weight is 385 g/mol. The topological polar surface area (TPSA) is 67.4 Å². The van der Waals surface area contributed by atoms with E-state index >= 15 is 0 Å². The fourth-order valence-corrected chi connectivity index (χ4v) is 4.48. The Morgan fingerprint density at radius 3 is 2.96 bits per heavy atom. The summed E-state index contributed by atoms with van der Waals surface area (Å²) in [7, 11) is 0. The molecule has 1 N–H and O–H groups in total. The minimum absolute atomic E-state index is 0.139. The first-order chi connectivity index (χ1) is 13.3. The highest BCUT2D eigenvalue weighted by Gasteiger charge is 2.21. The predicted molar refractivity (Wildman–Crippen MR) is 107 cm³/mol. The first-order valence-corrected chi connectivity index (χ1v) is 10.6. The van der Waals surface area contributed by atoms with E-state index in [0.29, 0.717) is 18.0 Å². The molecule has 27 heavy (non-hydrogen) atoms. The van der Waals surface area contributed by atoms with Crippen LogP contribution in [-0.2, 0) is 6.54 Å². The molecule has 2 saturated heterocycles. The van der Waals surface area contributed by atoms with E-state index < -0.39 is 0 Å². The molecule has 0 aliphatic carbocycles. The van der Waals surface area contributed by atoms with Crippen molar-refractivity contribution in [1.82, 2.24) is 15.3 Å². The minimum atomic E-state index is -0.164. The highest BCUT2D eigenvalue weighted by Crippen LogP contribution is 2.24. The largest absolute Gasteiger partial charge is 0.473 e. The van der Waals surface area contributed by atoms with E-state index in [1.54, 1.807) is 18.3 Å². The van der Waals surface area contributed by atoms with E-state index in [1.165, 1.54) is 12.8 Å². The number of nitrogens with zero attached hydrogens (tertiary/aromatic N) is 3. The molecule has 142 valence electrons. The fraction of sp³-hybridized carbons (Fsp3) is 0.450. The number of amides is 1. The lowest BCUT2D eigenvalue weighted by Gasteiger charge is -2.17. The molecule has 4 heterocycles. The van der Waals surface area contributed by atoms with Gasteiger partial charge in [-0.2, -0.15) is 11.8 Å². The van der Waals surface area contributed by atoms with Crippen LogP contribution in [0.25, 0.3) is 0 Å². The summed E-state index contributed by atoms with van der Waals surface area (Å²) in [5.74, 6) is 3.30. The first kappa shape index (κ1) is 18.1. The summed E-state index contributed by atoms with van der Waals surface area (Å²) in [5.41, 5.74) is 1.53. The van der Waals surface area contributed by atoms with E-state index in [1.807, 2.05) is 24.0 Å². The molecule has 2 aliphatic heterocycles. The SMILES string of the molecule is O=C(NCc1ccnc(N2CCCC2)c1)c1cccnc1O[C@@H]1CCSC1. The second-order valence-electron chi connectivity index (χ2n) is 6.86. The standard InChI is InChI=1S/C20H24N4O2S/c25-19(17-4-3-7-22-20(17)26-16-6-11-27-14-16)23-13-15-5-8-21-18(12-15)24-9-1-2-10-24/h3-5,7-8,12,16H,1-2,6,9-11,13-14H2,(H,23,25)/t16-/m1/s1. The van der Waals surface area contributed by atoms with Crippen LogP contribution in [0.1, 0.15) is 35.2 Å². The van der Waals surface area contributed by atoms with Crippen molar-refractivity contribution in [3.8, 4) is 5.88 Å². The number of carbonyl (C=O) groups excluding carboxylic acids is 1. The highest BCUT2D eigenvalue weighted by atomic mass is 32.2. The molecule has 2 aromatic rings. The molecule has 1 atom stereocenters. The number of pyridine rings is 2. The third-order valence-corrected chi connectivity index (χ3v) is 6.01. The number of aromatic nitrogens is 2. The normalized spacial score (nSPS) is 19.3. The molecule has 4 rings (SSSR count). The lowest BCUT2D eigenvalue weighted by atomic mass is 10.2. The second-order valence-corrected chi connectivity index (χ2v) is 8.01. The van der Waals surface area contributed by atoms with Gasteiger partial charge < -0.3 is 15.0 Å². The number of thioether (sulfide) groups is 1. The van der Waals surface area contributed by atoms with Crippen molar-refractivity contribution in [3.05, 3.63) is 47.8 Å². The van der Waals surface area contributed by atoms with Gasteiger partial charge >= 0.3 is 0 Å². The summed E-state index contributed by atoms with van der Waals surface area (Å²) < 4.78 is 5.96. The van der Waals surface area contributed by atoms with Crippen LogP contribution in [0.5, 0.6) is 5.88 Å². The molecular weight excluding hydrogens is 360 g/mol. The third kappa shape index (κ3) is 4.53. The molecule has 2 aliphatic rings. The lowest BCUT2D eigenvalue weighted by molar-refractivity contribution is 0.0943. The first-order valence-electron chi connectivity index (χ1n) is 9.47. The van der Waals surface area contributed by atoms with E-state index in [-0.39, 0.29) is 12.0 Å². The van der Waals surface area contributed by atoms with Crippen LogP contribution in [-0.4, -0.2) is 46.6 Å². The summed E-state index contributed by atoms with van der Waals surface area (Å²) in [6, 6.07) is 7.53. The molecule has 0 unspecified atom stereocenters. The number of rotatable bonds is 6. The van der Waals surface area contributed by atoms with Crippen LogP contribution in [0.3, 0.4) is 0 Å². The molecule has 1 amide bonds. The third-order valence-electron chi connectivity index (χ3n) is 4.88. The Hall–Kier alpha value is -2.28. The summed E-state index contributed by atoms with van der Waals surface area (Å²) in [5, 5.41) is 2.99. The monoisotopic (exact) mass is 384 g/mol. The van der Waals surface area contributed by atoms with Crippen LogP contribution >= 0.6 is 11.8 Å². The van der Waals surface area contributed by atoms with E-state index in [2.05, 4.69) is 26.3 Å². The van der Waals surface area contributed by atoms with Gasteiger partial charge in [-0.25, -0.2) is 9.97 Å². The van der Waals surface area contributed by atoms with Crippen molar-refractivity contribution in [2.24, 2.45) is 0 Å². The molecule has 2 fully saturated rings. The smallest absolute Gasteiger partial charge is 0.257 e. The maximum Gasteiger partial charge on any atom is 0.257 e. The van der Waals surface area contributed by atoms with Gasteiger partial charge in [-0.1, -0.05) is 0 Å². The van der Waals surface area contributed by atoms with Crippen molar-refractivity contribution in [1.29, 1.82) is 0 Å². The second kappa shape index (κ2) is 8.61. The highest BCUT2D eigenvalue weighted by molar-refractivity contribution is 7.99. The number of hydrogen-bond acceptors (Lipinski definition) is 6. The molecule has 0 spiro atoms. The summed E-state index contributed by atoms with van der Waals surface area (Å²) >= 11 is 1.87. The Labute approximate surface area is 163 Å². The predicted octanol–water partition coefficient (Wildman–Crippen LogP) is 2.89. The van der Waals surface area contributed by atoms with Crippen LogP contribution in [0.15, 0.2) is 36.7 Å². The van der Waals surface area contributed by atoms with Crippen LogP contribution in [0, 0.1) is 0 Å². The van der Waals surface area contributed by atoms with Crippen LogP contribution in [0.2, 0.25) is 0 Å². The van der Waals surface area contributed by atoms with Gasteiger partial charge in [-0.05, 0) is 54.8 Å². The van der Waals surface area contributed by atoms with Gasteiger partial charge in [-0.15, -0.1) is 0 Å². The number of nitrogens with one attached hydrogen (secondary N) is 1. The van der Waals surface area contributed by atoms with Gasteiger partial charge in [0.15, 0.2) is 0 Å². The van der Waals surface area contributed by atoms with Crippen molar-refractivity contribution in [2.75, 3.05) is 29.5 Å². The zero-order chi connectivity index (χ0) is 18.5. The number of hydrogen-bond donors (Lipinski definition) is 1. The molecule has 2 aromatic heterocycles. The lowest BCUT2D eigenvalue weighted by Crippen LogP contribution is -2.25. The van der Waals surface area contributed by atoms with Gasteiger partial charge in [0.1, 0.15) is 17.5 Å².